The zero-order chi connectivity index (χ0) is 18.8. The Morgan fingerprint density at radius 2 is 2.11 bits per heavy atom. The minimum absolute atomic E-state index is 0. The maximum absolute atomic E-state index is 13.2. The number of hydrogen-bond acceptors (Lipinski definition) is 6. The van der Waals surface area contributed by atoms with Gasteiger partial charge in [0.2, 0.25) is 0 Å². The number of halogens is 2. The zero-order valence-electron chi connectivity index (χ0n) is 15.4. The zero-order valence-corrected chi connectivity index (χ0v) is 18.6. The molecule has 0 spiro atoms. The van der Waals surface area contributed by atoms with Gasteiger partial charge >= 0.3 is 0 Å². The van der Waals surface area contributed by atoms with Gasteiger partial charge in [0.25, 0.3) is 5.91 Å². The molecule has 1 aliphatic heterocycles. The van der Waals surface area contributed by atoms with Gasteiger partial charge in [-0.3, -0.25) is 14.6 Å². The van der Waals surface area contributed by atoms with E-state index < -0.39 is 0 Å². The summed E-state index contributed by atoms with van der Waals surface area (Å²) in [6.07, 6.45) is 0. The normalized spacial score (nSPS) is 14.8. The molecule has 1 aromatic carbocycles. The number of amides is 1. The molecule has 9 heteroatoms. The van der Waals surface area contributed by atoms with Crippen LogP contribution in [0.2, 0.25) is 5.02 Å². The van der Waals surface area contributed by atoms with Crippen LogP contribution in [0.5, 0.6) is 0 Å². The van der Waals surface area contributed by atoms with Crippen LogP contribution < -0.4 is 4.90 Å². The highest BCUT2D eigenvalue weighted by molar-refractivity contribution is 7.23. The summed E-state index contributed by atoms with van der Waals surface area (Å²) in [7, 11) is 0. The number of thiophene rings is 1. The average molecular weight is 458 g/mol. The second kappa shape index (κ2) is 9.52. The summed E-state index contributed by atoms with van der Waals surface area (Å²) in [5.74, 6) is -0.00825. The number of nitrogens with zero attached hydrogens (tertiary/aromatic N) is 3. The van der Waals surface area contributed by atoms with Gasteiger partial charge in [-0.25, -0.2) is 4.98 Å². The van der Waals surface area contributed by atoms with Crippen LogP contribution in [-0.4, -0.2) is 55.2 Å². The van der Waals surface area contributed by atoms with Crippen LogP contribution in [0.4, 0.5) is 5.13 Å². The van der Waals surface area contributed by atoms with Crippen molar-refractivity contribution in [2.24, 2.45) is 0 Å². The van der Waals surface area contributed by atoms with Crippen LogP contribution >= 0.6 is 46.7 Å². The predicted octanol–water partition coefficient (Wildman–Crippen LogP) is 4.72. The molecule has 3 aromatic rings. The van der Waals surface area contributed by atoms with E-state index in [1.807, 2.05) is 36.6 Å². The van der Waals surface area contributed by atoms with E-state index in [0.29, 0.717) is 16.7 Å². The van der Waals surface area contributed by atoms with E-state index in [1.54, 1.807) is 4.90 Å². The summed E-state index contributed by atoms with van der Waals surface area (Å²) in [6.45, 7) is 6.68. The maximum Gasteiger partial charge on any atom is 0.270 e. The van der Waals surface area contributed by atoms with E-state index in [0.717, 1.165) is 53.5 Å². The van der Waals surface area contributed by atoms with Crippen molar-refractivity contribution >= 4 is 67.9 Å². The lowest BCUT2D eigenvalue weighted by atomic mass is 10.2. The Morgan fingerprint density at radius 3 is 2.79 bits per heavy atom. The Labute approximate surface area is 183 Å². The molecule has 0 radical (unpaired) electrons. The van der Waals surface area contributed by atoms with Crippen molar-refractivity contribution in [3.63, 3.8) is 0 Å². The van der Waals surface area contributed by atoms with Gasteiger partial charge in [0.1, 0.15) is 0 Å². The quantitative estimate of drug-likeness (QED) is 0.555. The van der Waals surface area contributed by atoms with Crippen molar-refractivity contribution in [1.29, 1.82) is 0 Å². The molecule has 28 heavy (non-hydrogen) atoms. The van der Waals surface area contributed by atoms with Crippen LogP contribution in [0.3, 0.4) is 0 Å². The molecule has 1 amide bonds. The van der Waals surface area contributed by atoms with Crippen molar-refractivity contribution in [2.45, 2.75) is 6.92 Å². The molecular weight excluding hydrogens is 437 g/mol. The van der Waals surface area contributed by atoms with Crippen LogP contribution in [0.15, 0.2) is 29.6 Å². The van der Waals surface area contributed by atoms with Gasteiger partial charge in [0.05, 0.1) is 33.3 Å². The molecule has 4 rings (SSSR count). The Hall–Kier alpha value is -1.22. The molecule has 150 valence electrons. The molecule has 1 fully saturated rings. The first-order valence-electron chi connectivity index (χ1n) is 8.84. The lowest BCUT2D eigenvalue weighted by molar-refractivity contribution is 0.0391. The molecule has 0 saturated carbocycles. The molecule has 5 nitrogen and oxygen atoms in total. The van der Waals surface area contributed by atoms with Crippen molar-refractivity contribution in [1.82, 2.24) is 9.88 Å². The number of aryl methyl sites for hydroxylation is 1. The summed E-state index contributed by atoms with van der Waals surface area (Å²) in [5, 5.41) is 3.30. The number of thiazole rings is 1. The molecule has 3 heterocycles. The first-order chi connectivity index (χ1) is 13.1. The Morgan fingerprint density at radius 1 is 1.32 bits per heavy atom. The summed E-state index contributed by atoms with van der Waals surface area (Å²) in [6, 6.07) is 7.62. The fourth-order valence-electron chi connectivity index (χ4n) is 3.09. The maximum atomic E-state index is 13.2. The van der Waals surface area contributed by atoms with Crippen molar-refractivity contribution in [3.05, 3.63) is 45.1 Å². The smallest absolute Gasteiger partial charge is 0.270 e. The van der Waals surface area contributed by atoms with Gasteiger partial charge in [-0.1, -0.05) is 35.1 Å². The van der Waals surface area contributed by atoms with Crippen LogP contribution in [0.25, 0.3) is 10.2 Å². The van der Waals surface area contributed by atoms with E-state index in [4.69, 9.17) is 21.3 Å². The summed E-state index contributed by atoms with van der Waals surface area (Å²) in [4.78, 5) is 22.8. The topological polar surface area (TPSA) is 45.7 Å². The SMILES string of the molecule is Cc1ccc(Cl)c2sc(N(CCN3CCOCC3)C(=O)c3cccs3)nc12.Cl. The van der Waals surface area contributed by atoms with Gasteiger partial charge in [0.15, 0.2) is 5.13 Å². The molecule has 2 aromatic heterocycles. The monoisotopic (exact) mass is 457 g/mol. The molecule has 1 saturated heterocycles. The lowest BCUT2D eigenvalue weighted by Gasteiger charge is -2.29. The number of fused-ring (bicyclic) bond motifs is 1. The van der Waals surface area contributed by atoms with Gasteiger partial charge in [-0.15, -0.1) is 23.7 Å². The number of benzene rings is 1. The van der Waals surface area contributed by atoms with Crippen LogP contribution in [-0.2, 0) is 4.74 Å². The highest BCUT2D eigenvalue weighted by Gasteiger charge is 2.24. The Balaban J connectivity index is 0.00000225. The third kappa shape index (κ3) is 4.50. The van der Waals surface area contributed by atoms with E-state index in [2.05, 4.69) is 4.90 Å². The summed E-state index contributed by atoms with van der Waals surface area (Å²) < 4.78 is 6.35. The highest BCUT2D eigenvalue weighted by atomic mass is 35.5. The van der Waals surface area contributed by atoms with E-state index in [1.165, 1.54) is 22.7 Å². The second-order valence-corrected chi connectivity index (χ2v) is 8.76. The molecule has 0 bridgehead atoms. The molecule has 0 N–H and O–H groups in total. The minimum Gasteiger partial charge on any atom is -0.379 e. The van der Waals surface area contributed by atoms with Crippen molar-refractivity contribution in [3.8, 4) is 0 Å². The third-order valence-corrected chi connectivity index (χ3v) is 7.03. The number of morpholine rings is 1. The standard InChI is InChI=1S/C19H20ClN3O2S2.ClH/c1-13-4-5-14(20)17-16(13)21-19(27-17)23(18(24)15-3-2-12-26-15)7-6-22-8-10-25-11-9-22;/h2-5,12H,6-11H2,1H3;1H. The number of aromatic nitrogens is 1. The third-order valence-electron chi connectivity index (χ3n) is 4.64. The van der Waals surface area contributed by atoms with Gasteiger partial charge in [0, 0.05) is 26.2 Å². The predicted molar refractivity (Wildman–Crippen MR) is 120 cm³/mol. The highest BCUT2D eigenvalue weighted by Crippen LogP contribution is 2.36. The number of hydrogen-bond donors (Lipinski definition) is 0. The lowest BCUT2D eigenvalue weighted by Crippen LogP contribution is -2.43. The minimum atomic E-state index is -0.00825. The second-order valence-electron chi connectivity index (χ2n) is 6.43. The van der Waals surface area contributed by atoms with E-state index in [-0.39, 0.29) is 18.3 Å². The molecule has 0 unspecified atom stereocenters. The largest absolute Gasteiger partial charge is 0.379 e. The first kappa shape index (κ1) is 21.5. The van der Waals surface area contributed by atoms with Gasteiger partial charge < -0.3 is 4.74 Å². The molecule has 0 aliphatic carbocycles. The van der Waals surface area contributed by atoms with Crippen molar-refractivity contribution < 1.29 is 9.53 Å². The van der Waals surface area contributed by atoms with E-state index in [9.17, 15) is 4.79 Å². The van der Waals surface area contributed by atoms with Gasteiger partial charge in [-0.2, -0.15) is 0 Å². The van der Waals surface area contributed by atoms with Crippen molar-refractivity contribution in [2.75, 3.05) is 44.3 Å². The number of anilines is 1. The van der Waals surface area contributed by atoms with Gasteiger partial charge in [-0.05, 0) is 30.0 Å². The van der Waals surface area contributed by atoms with Crippen LogP contribution in [0, 0.1) is 6.92 Å². The number of rotatable bonds is 5. The fraction of sp³-hybridized carbons (Fsp3) is 0.368. The first-order valence-corrected chi connectivity index (χ1v) is 10.9. The average Bonchev–Trinajstić information content (AvgIpc) is 3.36. The summed E-state index contributed by atoms with van der Waals surface area (Å²) in [5.41, 5.74) is 1.94. The fourth-order valence-corrected chi connectivity index (χ4v) is 5.10. The number of ether oxygens (including phenoxy) is 1. The summed E-state index contributed by atoms with van der Waals surface area (Å²) >= 11 is 9.31. The number of carbonyl (C=O) groups is 1. The van der Waals surface area contributed by atoms with E-state index >= 15 is 0 Å². The number of carbonyl (C=O) groups excluding carboxylic acids is 1. The van der Waals surface area contributed by atoms with Crippen LogP contribution in [0.1, 0.15) is 15.2 Å². The Kier molecular flexibility index (Phi) is 7.31. The molecular formula is C19H21Cl2N3O2S2. The molecule has 1 aliphatic rings. The Bertz CT molecular complexity index is 901. The molecule has 0 atom stereocenters.